The first-order valence-electron chi connectivity index (χ1n) is 5.67. The maximum Gasteiger partial charge on any atom is 0.263 e. The van der Waals surface area contributed by atoms with E-state index in [2.05, 4.69) is 10.3 Å². The molecule has 2 aromatic rings. The zero-order chi connectivity index (χ0) is 13.0. The molecule has 0 aliphatic rings. The molecule has 18 heavy (non-hydrogen) atoms. The first-order valence-corrected chi connectivity index (χ1v) is 6.49. The van der Waals surface area contributed by atoms with Crippen LogP contribution in [0.4, 0.5) is 0 Å². The number of hydrogen-bond acceptors (Lipinski definition) is 4. The summed E-state index contributed by atoms with van der Waals surface area (Å²) in [4.78, 5) is 16.5. The molecule has 2 rings (SSSR count). The Kier molecular flexibility index (Phi) is 4.07. The van der Waals surface area contributed by atoms with Gasteiger partial charge in [-0.3, -0.25) is 4.79 Å². The molecule has 0 aliphatic heterocycles. The Labute approximate surface area is 110 Å². The summed E-state index contributed by atoms with van der Waals surface area (Å²) in [6.45, 7) is 2.93. The highest BCUT2D eigenvalue weighted by Crippen LogP contribution is 2.11. The van der Waals surface area contributed by atoms with Gasteiger partial charge >= 0.3 is 0 Å². The van der Waals surface area contributed by atoms with E-state index in [4.69, 9.17) is 5.73 Å². The third-order valence-electron chi connectivity index (χ3n) is 2.56. The SMILES string of the molecule is Cc1ncc(C(=O)NCc2ccc(CN)cc2)s1. The van der Waals surface area contributed by atoms with Crippen LogP contribution in [0.5, 0.6) is 0 Å². The second-order valence-corrected chi connectivity index (χ2v) is 5.18. The van der Waals surface area contributed by atoms with E-state index in [1.54, 1.807) is 6.20 Å². The van der Waals surface area contributed by atoms with Crippen molar-refractivity contribution in [3.05, 3.63) is 51.5 Å². The number of aryl methyl sites for hydroxylation is 1. The molecular weight excluding hydrogens is 246 g/mol. The molecule has 0 saturated heterocycles. The number of thiazole rings is 1. The lowest BCUT2D eigenvalue weighted by atomic mass is 10.1. The Morgan fingerprint density at radius 1 is 1.33 bits per heavy atom. The molecule has 0 aliphatic carbocycles. The van der Waals surface area contributed by atoms with Crippen molar-refractivity contribution in [1.82, 2.24) is 10.3 Å². The van der Waals surface area contributed by atoms with Gasteiger partial charge in [-0.25, -0.2) is 4.98 Å². The first-order chi connectivity index (χ1) is 8.69. The van der Waals surface area contributed by atoms with Gasteiger partial charge in [-0.15, -0.1) is 11.3 Å². The van der Waals surface area contributed by atoms with Gasteiger partial charge < -0.3 is 11.1 Å². The zero-order valence-corrected chi connectivity index (χ0v) is 11.0. The van der Waals surface area contributed by atoms with Crippen LogP contribution >= 0.6 is 11.3 Å². The van der Waals surface area contributed by atoms with Crippen molar-refractivity contribution in [2.75, 3.05) is 0 Å². The van der Waals surface area contributed by atoms with Crippen LogP contribution in [0.2, 0.25) is 0 Å². The van der Waals surface area contributed by atoms with Crippen molar-refractivity contribution in [1.29, 1.82) is 0 Å². The molecule has 1 aromatic heterocycles. The van der Waals surface area contributed by atoms with E-state index in [0.29, 0.717) is 18.0 Å². The molecule has 1 amide bonds. The van der Waals surface area contributed by atoms with E-state index < -0.39 is 0 Å². The van der Waals surface area contributed by atoms with E-state index in [0.717, 1.165) is 16.1 Å². The molecule has 0 saturated carbocycles. The van der Waals surface area contributed by atoms with Gasteiger partial charge in [0.05, 0.1) is 11.2 Å². The molecule has 94 valence electrons. The Morgan fingerprint density at radius 3 is 2.56 bits per heavy atom. The molecule has 5 heteroatoms. The van der Waals surface area contributed by atoms with Gasteiger partial charge in [-0.05, 0) is 18.1 Å². The fourth-order valence-corrected chi connectivity index (χ4v) is 2.22. The normalized spacial score (nSPS) is 10.3. The van der Waals surface area contributed by atoms with Crippen LogP contribution < -0.4 is 11.1 Å². The number of hydrogen-bond donors (Lipinski definition) is 2. The highest BCUT2D eigenvalue weighted by atomic mass is 32.1. The molecule has 1 heterocycles. The molecule has 0 fully saturated rings. The summed E-state index contributed by atoms with van der Waals surface area (Å²) in [6, 6.07) is 7.89. The topological polar surface area (TPSA) is 68.0 Å². The highest BCUT2D eigenvalue weighted by Gasteiger charge is 2.08. The van der Waals surface area contributed by atoms with Gasteiger partial charge in [-0.1, -0.05) is 24.3 Å². The molecule has 0 unspecified atom stereocenters. The molecule has 0 atom stereocenters. The van der Waals surface area contributed by atoms with Crippen LogP contribution in [0.3, 0.4) is 0 Å². The Hall–Kier alpha value is -1.72. The third-order valence-corrected chi connectivity index (χ3v) is 3.47. The van der Waals surface area contributed by atoms with E-state index in [-0.39, 0.29) is 5.91 Å². The maximum absolute atomic E-state index is 11.8. The predicted octanol–water partition coefficient (Wildman–Crippen LogP) is 1.84. The smallest absolute Gasteiger partial charge is 0.263 e. The lowest BCUT2D eigenvalue weighted by Crippen LogP contribution is -2.21. The summed E-state index contributed by atoms with van der Waals surface area (Å²) >= 11 is 1.40. The third kappa shape index (κ3) is 3.15. The van der Waals surface area contributed by atoms with Crippen molar-refractivity contribution in [2.45, 2.75) is 20.0 Å². The lowest BCUT2D eigenvalue weighted by Gasteiger charge is -2.04. The number of aromatic nitrogens is 1. The van der Waals surface area contributed by atoms with Crippen LogP contribution in [0.25, 0.3) is 0 Å². The summed E-state index contributed by atoms with van der Waals surface area (Å²) in [5.74, 6) is -0.0801. The van der Waals surface area contributed by atoms with Gasteiger partial charge in [0.25, 0.3) is 5.91 Å². The minimum atomic E-state index is -0.0801. The number of amides is 1. The molecule has 0 spiro atoms. The average Bonchev–Trinajstić information content (AvgIpc) is 2.83. The minimum Gasteiger partial charge on any atom is -0.347 e. The van der Waals surface area contributed by atoms with Gasteiger partial charge in [0.1, 0.15) is 4.88 Å². The van der Waals surface area contributed by atoms with Crippen LogP contribution in [0.1, 0.15) is 25.8 Å². The zero-order valence-electron chi connectivity index (χ0n) is 10.1. The minimum absolute atomic E-state index is 0.0801. The lowest BCUT2D eigenvalue weighted by molar-refractivity contribution is 0.0955. The van der Waals surface area contributed by atoms with Gasteiger partial charge in [0, 0.05) is 13.1 Å². The number of nitrogens with one attached hydrogen (secondary N) is 1. The highest BCUT2D eigenvalue weighted by molar-refractivity contribution is 7.13. The van der Waals surface area contributed by atoms with Crippen molar-refractivity contribution in [3.8, 4) is 0 Å². The molecule has 4 nitrogen and oxygen atoms in total. The van der Waals surface area contributed by atoms with Crippen molar-refractivity contribution in [2.24, 2.45) is 5.73 Å². The number of benzene rings is 1. The second kappa shape index (κ2) is 5.75. The summed E-state index contributed by atoms with van der Waals surface area (Å²) in [7, 11) is 0. The predicted molar refractivity (Wildman–Crippen MR) is 72.4 cm³/mol. The van der Waals surface area contributed by atoms with Crippen LogP contribution in [-0.2, 0) is 13.1 Å². The number of carbonyl (C=O) groups excluding carboxylic acids is 1. The van der Waals surface area contributed by atoms with Crippen molar-refractivity contribution < 1.29 is 4.79 Å². The van der Waals surface area contributed by atoms with Gasteiger partial charge in [-0.2, -0.15) is 0 Å². The van der Waals surface area contributed by atoms with Crippen LogP contribution in [0.15, 0.2) is 30.5 Å². The summed E-state index contributed by atoms with van der Waals surface area (Å²) in [5.41, 5.74) is 7.67. The largest absolute Gasteiger partial charge is 0.347 e. The number of nitrogens with zero attached hydrogens (tertiary/aromatic N) is 1. The van der Waals surface area contributed by atoms with Crippen LogP contribution in [0, 0.1) is 6.92 Å². The van der Waals surface area contributed by atoms with Gasteiger partial charge in [0.15, 0.2) is 0 Å². The van der Waals surface area contributed by atoms with Crippen LogP contribution in [-0.4, -0.2) is 10.9 Å². The Bertz CT molecular complexity index is 533. The summed E-state index contributed by atoms with van der Waals surface area (Å²) in [5, 5.41) is 3.76. The van der Waals surface area contributed by atoms with E-state index >= 15 is 0 Å². The van der Waals surface area contributed by atoms with E-state index in [1.165, 1.54) is 11.3 Å². The second-order valence-electron chi connectivity index (χ2n) is 3.95. The van der Waals surface area contributed by atoms with Gasteiger partial charge in [0.2, 0.25) is 0 Å². The van der Waals surface area contributed by atoms with Crippen molar-refractivity contribution >= 4 is 17.2 Å². The van der Waals surface area contributed by atoms with Crippen molar-refractivity contribution in [3.63, 3.8) is 0 Å². The fourth-order valence-electron chi connectivity index (χ4n) is 1.53. The maximum atomic E-state index is 11.8. The molecule has 1 aromatic carbocycles. The van der Waals surface area contributed by atoms with E-state index in [9.17, 15) is 4.79 Å². The molecule has 0 radical (unpaired) electrons. The summed E-state index contributed by atoms with van der Waals surface area (Å²) in [6.07, 6.45) is 1.60. The van der Waals surface area contributed by atoms with E-state index in [1.807, 2.05) is 31.2 Å². The number of carbonyl (C=O) groups is 1. The number of nitrogens with two attached hydrogens (primary N) is 1. The summed E-state index contributed by atoms with van der Waals surface area (Å²) < 4.78 is 0. The Balaban J connectivity index is 1.92. The average molecular weight is 261 g/mol. The number of rotatable bonds is 4. The quantitative estimate of drug-likeness (QED) is 0.882. The standard InChI is InChI=1S/C13H15N3OS/c1-9-15-8-12(18-9)13(17)16-7-11-4-2-10(6-14)3-5-11/h2-5,8H,6-7,14H2,1H3,(H,16,17). The fraction of sp³-hybridized carbons (Fsp3) is 0.231. The molecular formula is C13H15N3OS. The Morgan fingerprint density at radius 2 is 2.00 bits per heavy atom. The first kappa shape index (κ1) is 12.7. The molecule has 0 bridgehead atoms. The monoisotopic (exact) mass is 261 g/mol. The molecule has 3 N–H and O–H groups in total.